The second-order valence-electron chi connectivity index (χ2n) is 7.06. The van der Waals surface area contributed by atoms with Crippen molar-refractivity contribution in [2.75, 3.05) is 26.4 Å². The number of carbonyl (C=O) groups excluding carboxylic acids is 2. The first-order valence-corrected chi connectivity index (χ1v) is 12.9. The van der Waals surface area contributed by atoms with Gasteiger partial charge in [0.05, 0.1) is 35.6 Å². The Kier molecular flexibility index (Phi) is 11.5. The average Bonchev–Trinajstić information content (AvgIpc) is 3.01. The smallest absolute Gasteiger partial charge is 0.307 e. The van der Waals surface area contributed by atoms with Gasteiger partial charge in [0, 0.05) is 6.54 Å². The number of thioether (sulfide) groups is 1. The van der Waals surface area contributed by atoms with Crippen LogP contribution in [-0.4, -0.2) is 47.5 Å². The van der Waals surface area contributed by atoms with Gasteiger partial charge in [-0.05, 0) is 60.0 Å². The van der Waals surface area contributed by atoms with Crippen molar-refractivity contribution in [1.82, 2.24) is 4.90 Å². The molecule has 0 radical (unpaired) electrons. The lowest BCUT2D eigenvalue weighted by Crippen LogP contribution is -2.30. The third kappa shape index (κ3) is 7.78. The first-order chi connectivity index (χ1) is 15.4. The third-order valence-corrected chi connectivity index (χ3v) is 6.56. The third-order valence-electron chi connectivity index (χ3n) is 4.59. The maximum absolute atomic E-state index is 12.8. The molecule has 1 aromatic rings. The van der Waals surface area contributed by atoms with Crippen LogP contribution in [0.4, 0.5) is 0 Å². The van der Waals surface area contributed by atoms with Crippen LogP contribution in [0.25, 0.3) is 6.08 Å². The van der Waals surface area contributed by atoms with Gasteiger partial charge in [0.25, 0.3) is 5.91 Å². The minimum atomic E-state index is -0.346. The summed E-state index contributed by atoms with van der Waals surface area (Å²) in [5.74, 6) is 0.736. The Morgan fingerprint density at radius 2 is 1.94 bits per heavy atom. The number of nitrogens with zero attached hydrogens (tertiary/aromatic N) is 1. The van der Waals surface area contributed by atoms with Crippen molar-refractivity contribution in [3.05, 3.63) is 27.1 Å². The van der Waals surface area contributed by atoms with Crippen molar-refractivity contribution < 1.29 is 23.8 Å². The molecule has 0 saturated carbocycles. The SMILES string of the molecule is CCCCCCOc1c(Br)cc(/C=C2\SC(=S)N(CCC(=O)OCC)C2=O)cc1OCC. The zero-order chi connectivity index (χ0) is 23.5. The number of benzene rings is 1. The van der Waals surface area contributed by atoms with Gasteiger partial charge < -0.3 is 14.2 Å². The molecule has 1 amide bonds. The summed E-state index contributed by atoms with van der Waals surface area (Å²) in [5, 5.41) is 0. The van der Waals surface area contributed by atoms with Gasteiger partial charge in [-0.25, -0.2) is 0 Å². The van der Waals surface area contributed by atoms with E-state index < -0.39 is 0 Å². The maximum Gasteiger partial charge on any atom is 0.307 e. The molecule has 32 heavy (non-hydrogen) atoms. The van der Waals surface area contributed by atoms with Gasteiger partial charge in [-0.1, -0.05) is 50.2 Å². The fraction of sp³-hybridized carbons (Fsp3) is 0.522. The van der Waals surface area contributed by atoms with Crippen molar-refractivity contribution >= 4 is 62.2 Å². The number of unbranched alkanes of at least 4 members (excludes halogenated alkanes) is 3. The zero-order valence-corrected chi connectivity index (χ0v) is 22.0. The van der Waals surface area contributed by atoms with Crippen LogP contribution >= 0.6 is 39.9 Å². The summed E-state index contributed by atoms with van der Waals surface area (Å²) in [6.07, 6.45) is 6.38. The predicted molar refractivity (Wildman–Crippen MR) is 136 cm³/mol. The largest absolute Gasteiger partial charge is 0.490 e. The lowest BCUT2D eigenvalue weighted by Gasteiger charge is -2.15. The van der Waals surface area contributed by atoms with E-state index in [1.54, 1.807) is 13.0 Å². The number of hydrogen-bond acceptors (Lipinski definition) is 7. The van der Waals surface area contributed by atoms with Crippen LogP contribution in [0.3, 0.4) is 0 Å². The quantitative estimate of drug-likeness (QED) is 0.131. The number of rotatable bonds is 13. The zero-order valence-electron chi connectivity index (χ0n) is 18.8. The molecule has 1 aliphatic rings. The molecule has 1 heterocycles. The van der Waals surface area contributed by atoms with Gasteiger partial charge in [0.15, 0.2) is 11.5 Å². The molecule has 2 rings (SSSR count). The van der Waals surface area contributed by atoms with Crippen LogP contribution < -0.4 is 9.47 Å². The molecule has 1 aliphatic heterocycles. The summed E-state index contributed by atoms with van der Waals surface area (Å²) in [7, 11) is 0. The molecule has 1 fully saturated rings. The molecule has 0 bridgehead atoms. The molecule has 1 aromatic carbocycles. The van der Waals surface area contributed by atoms with Gasteiger partial charge in [-0.3, -0.25) is 14.5 Å². The molecule has 6 nitrogen and oxygen atoms in total. The van der Waals surface area contributed by atoms with Crippen LogP contribution in [-0.2, 0) is 14.3 Å². The maximum atomic E-state index is 12.8. The van der Waals surface area contributed by atoms with Crippen molar-refractivity contribution in [2.24, 2.45) is 0 Å². The van der Waals surface area contributed by atoms with E-state index in [0.717, 1.165) is 22.9 Å². The molecular weight excluding hydrogens is 514 g/mol. The molecule has 0 aliphatic carbocycles. The summed E-state index contributed by atoms with van der Waals surface area (Å²) in [6.45, 7) is 7.48. The fourth-order valence-electron chi connectivity index (χ4n) is 3.06. The lowest BCUT2D eigenvalue weighted by molar-refractivity contribution is -0.143. The van der Waals surface area contributed by atoms with E-state index in [2.05, 4.69) is 22.9 Å². The van der Waals surface area contributed by atoms with Crippen molar-refractivity contribution in [2.45, 2.75) is 52.9 Å². The van der Waals surface area contributed by atoms with Crippen molar-refractivity contribution in [3.63, 3.8) is 0 Å². The number of halogens is 1. The molecule has 1 saturated heterocycles. The van der Waals surface area contributed by atoms with E-state index >= 15 is 0 Å². The number of ether oxygens (including phenoxy) is 3. The van der Waals surface area contributed by atoms with Crippen LogP contribution in [0.1, 0.15) is 58.4 Å². The predicted octanol–water partition coefficient (Wildman–Crippen LogP) is 5.96. The van der Waals surface area contributed by atoms with E-state index in [0.29, 0.717) is 40.5 Å². The van der Waals surface area contributed by atoms with E-state index in [9.17, 15) is 9.59 Å². The Morgan fingerprint density at radius 3 is 2.62 bits per heavy atom. The van der Waals surface area contributed by atoms with Crippen molar-refractivity contribution in [1.29, 1.82) is 0 Å². The van der Waals surface area contributed by atoms with Crippen LogP contribution in [0, 0.1) is 0 Å². The van der Waals surface area contributed by atoms with Crippen LogP contribution in [0.5, 0.6) is 11.5 Å². The summed E-state index contributed by atoms with van der Waals surface area (Å²) in [6, 6.07) is 3.76. The number of thiocarbonyl (C=S) groups is 1. The summed E-state index contributed by atoms with van der Waals surface area (Å²) >= 11 is 10.1. The summed E-state index contributed by atoms with van der Waals surface area (Å²) in [4.78, 5) is 26.4. The lowest BCUT2D eigenvalue weighted by atomic mass is 10.1. The van der Waals surface area contributed by atoms with Gasteiger partial charge in [0.1, 0.15) is 4.32 Å². The Morgan fingerprint density at radius 1 is 1.16 bits per heavy atom. The minimum absolute atomic E-state index is 0.109. The van der Waals surface area contributed by atoms with Crippen molar-refractivity contribution in [3.8, 4) is 11.5 Å². The summed E-state index contributed by atoms with van der Waals surface area (Å²) < 4.78 is 17.9. The number of amides is 1. The first-order valence-electron chi connectivity index (χ1n) is 10.9. The van der Waals surface area contributed by atoms with E-state index in [1.165, 1.54) is 29.5 Å². The second-order valence-corrected chi connectivity index (χ2v) is 9.59. The van der Waals surface area contributed by atoms with Gasteiger partial charge in [-0.15, -0.1) is 0 Å². The molecule has 0 aromatic heterocycles. The molecule has 0 N–H and O–H groups in total. The van der Waals surface area contributed by atoms with Crippen LogP contribution in [0.15, 0.2) is 21.5 Å². The molecule has 0 unspecified atom stereocenters. The normalized spacial score (nSPS) is 14.9. The van der Waals surface area contributed by atoms with Gasteiger partial charge in [-0.2, -0.15) is 0 Å². The molecule has 176 valence electrons. The highest BCUT2D eigenvalue weighted by atomic mass is 79.9. The monoisotopic (exact) mass is 543 g/mol. The number of carbonyl (C=O) groups is 2. The van der Waals surface area contributed by atoms with E-state index in [-0.39, 0.29) is 24.8 Å². The Bertz CT molecular complexity index is 859. The van der Waals surface area contributed by atoms with E-state index in [4.69, 9.17) is 26.4 Å². The molecule has 0 spiro atoms. The fourth-order valence-corrected chi connectivity index (χ4v) is 4.94. The highest BCUT2D eigenvalue weighted by molar-refractivity contribution is 9.10. The molecular formula is C23H30BrNO5S2. The number of esters is 1. The van der Waals surface area contributed by atoms with Gasteiger partial charge in [0.2, 0.25) is 0 Å². The average molecular weight is 545 g/mol. The summed E-state index contributed by atoms with van der Waals surface area (Å²) in [5.41, 5.74) is 0.796. The van der Waals surface area contributed by atoms with Gasteiger partial charge >= 0.3 is 5.97 Å². The highest BCUT2D eigenvalue weighted by Crippen LogP contribution is 2.39. The first kappa shape index (κ1) is 26.7. The Labute approximate surface area is 208 Å². The topological polar surface area (TPSA) is 65.1 Å². The number of hydrogen-bond donors (Lipinski definition) is 0. The van der Waals surface area contributed by atoms with E-state index in [1.807, 2.05) is 19.1 Å². The highest BCUT2D eigenvalue weighted by Gasteiger charge is 2.32. The Balaban J connectivity index is 2.14. The second kappa shape index (κ2) is 13.9. The minimum Gasteiger partial charge on any atom is -0.490 e. The Hall–Kier alpha value is -1.58. The molecule has 9 heteroatoms. The van der Waals surface area contributed by atoms with Crippen LogP contribution in [0.2, 0.25) is 0 Å². The molecule has 0 atom stereocenters. The standard InChI is InChI=1S/C23H30BrNO5S2/c1-4-7-8-9-12-30-21-17(24)13-16(14-18(21)28-5-2)15-19-22(27)25(23(31)32-19)11-10-20(26)29-6-3/h13-15H,4-12H2,1-3H3/b19-15-.